The third-order valence-electron chi connectivity index (χ3n) is 2.87. The SMILES string of the molecule is CCC[O][Ti]([Cl])([C]1=CC=CC1)[C]1=CC=CC1. The van der Waals surface area contributed by atoms with E-state index in [-0.39, 0.29) is 0 Å². The summed E-state index contributed by atoms with van der Waals surface area (Å²) in [6.07, 6.45) is 15.8. The van der Waals surface area contributed by atoms with Gasteiger partial charge in [-0.25, -0.2) is 0 Å². The van der Waals surface area contributed by atoms with Crippen LogP contribution in [0, 0.1) is 0 Å². The second-order valence-electron chi connectivity index (χ2n) is 4.09. The molecule has 0 N–H and O–H groups in total. The third kappa shape index (κ3) is 2.43. The Hall–Kier alpha value is -0.0757. The van der Waals surface area contributed by atoms with Crippen molar-refractivity contribution < 1.29 is 19.2 Å². The summed E-state index contributed by atoms with van der Waals surface area (Å²) in [5.74, 6) is 0. The van der Waals surface area contributed by atoms with E-state index in [0.29, 0.717) is 0 Å². The average molecular weight is 273 g/mol. The zero-order valence-corrected chi connectivity index (χ0v) is 11.9. The van der Waals surface area contributed by atoms with E-state index in [1.165, 1.54) is 7.76 Å². The second kappa shape index (κ2) is 5.51. The van der Waals surface area contributed by atoms with Gasteiger partial charge >= 0.3 is 106 Å². The molecule has 0 saturated carbocycles. The molecule has 0 amide bonds. The van der Waals surface area contributed by atoms with Gasteiger partial charge in [-0.05, 0) is 0 Å². The van der Waals surface area contributed by atoms with Crippen molar-refractivity contribution in [1.82, 2.24) is 0 Å². The van der Waals surface area contributed by atoms with Crippen molar-refractivity contribution in [3.63, 3.8) is 0 Å². The van der Waals surface area contributed by atoms with E-state index < -0.39 is 15.9 Å². The van der Waals surface area contributed by atoms with Gasteiger partial charge < -0.3 is 0 Å². The first kappa shape index (κ1) is 12.4. The fourth-order valence-electron chi connectivity index (χ4n) is 2.01. The van der Waals surface area contributed by atoms with Gasteiger partial charge in [0.1, 0.15) is 0 Å². The van der Waals surface area contributed by atoms with Crippen molar-refractivity contribution in [3.8, 4) is 0 Å². The molecule has 0 unspecified atom stereocenters. The van der Waals surface area contributed by atoms with Crippen LogP contribution >= 0.6 is 9.30 Å². The molecule has 0 atom stereocenters. The predicted octanol–water partition coefficient (Wildman–Crippen LogP) is 4.32. The summed E-state index contributed by atoms with van der Waals surface area (Å²) in [6.45, 7) is 2.90. The molecule has 0 aromatic carbocycles. The van der Waals surface area contributed by atoms with Crippen LogP contribution in [-0.4, -0.2) is 6.61 Å². The van der Waals surface area contributed by atoms with Crippen LogP contribution in [0.15, 0.2) is 44.2 Å². The molecule has 16 heavy (non-hydrogen) atoms. The van der Waals surface area contributed by atoms with Gasteiger partial charge in [-0.2, -0.15) is 0 Å². The number of hydrogen-bond donors (Lipinski definition) is 0. The molecule has 2 aliphatic rings. The summed E-state index contributed by atoms with van der Waals surface area (Å²) in [7, 11) is 6.88. The van der Waals surface area contributed by atoms with Crippen LogP contribution in [0.2, 0.25) is 0 Å². The molecule has 1 nitrogen and oxygen atoms in total. The Morgan fingerprint density at radius 2 is 1.75 bits per heavy atom. The minimum atomic E-state index is -2.90. The van der Waals surface area contributed by atoms with E-state index in [1.54, 1.807) is 0 Å². The maximum atomic E-state index is 6.88. The standard InChI is InChI=1S/2C5H5.C3H7O.ClH.Ti/c2*1-2-4-5-3-1;1-2-3-4;;/h2*1-3H,4H2;2-3H2,1H3;1H;/q;;-1;;+2/p-1. The summed E-state index contributed by atoms with van der Waals surface area (Å²) >= 11 is -2.90. The molecule has 2 rings (SSSR count). The number of allylic oxidation sites excluding steroid dienone is 8. The van der Waals surface area contributed by atoms with E-state index >= 15 is 0 Å². The monoisotopic (exact) mass is 272 g/mol. The zero-order chi connectivity index (χ0) is 11.4. The summed E-state index contributed by atoms with van der Waals surface area (Å²) in [5.41, 5.74) is 0. The van der Waals surface area contributed by atoms with E-state index in [9.17, 15) is 0 Å². The molecule has 0 fully saturated rings. The molecular formula is C13H17ClOTi. The Morgan fingerprint density at radius 1 is 1.19 bits per heavy atom. The first-order valence-corrected chi connectivity index (χ1v) is 10.2. The first-order valence-electron chi connectivity index (χ1n) is 5.82. The fraction of sp³-hybridized carbons (Fsp3) is 0.385. The molecule has 86 valence electrons. The van der Waals surface area contributed by atoms with Crippen LogP contribution in [0.4, 0.5) is 0 Å². The van der Waals surface area contributed by atoms with E-state index in [4.69, 9.17) is 12.6 Å². The van der Waals surface area contributed by atoms with E-state index in [2.05, 4.69) is 43.4 Å². The molecular weight excluding hydrogens is 255 g/mol. The number of hydrogen-bond acceptors (Lipinski definition) is 1. The maximum absolute atomic E-state index is 6.88. The molecule has 0 bridgehead atoms. The Bertz CT molecular complexity index is 349. The molecule has 0 heterocycles. The summed E-state index contributed by atoms with van der Waals surface area (Å²) in [4.78, 5) is 0. The van der Waals surface area contributed by atoms with Gasteiger partial charge in [0.25, 0.3) is 0 Å². The molecule has 0 radical (unpaired) electrons. The molecule has 0 aliphatic heterocycles. The topological polar surface area (TPSA) is 9.23 Å². The van der Waals surface area contributed by atoms with Crippen molar-refractivity contribution in [2.75, 3.05) is 6.61 Å². The first-order chi connectivity index (χ1) is 7.77. The summed E-state index contributed by atoms with van der Waals surface area (Å²) in [6, 6.07) is 0. The normalized spacial score (nSPS) is 19.1. The van der Waals surface area contributed by atoms with Crippen molar-refractivity contribution in [1.29, 1.82) is 0 Å². The van der Waals surface area contributed by atoms with E-state index in [1.807, 2.05) is 0 Å². The van der Waals surface area contributed by atoms with Gasteiger partial charge in [0.2, 0.25) is 0 Å². The Labute approximate surface area is 105 Å². The molecule has 3 heteroatoms. The van der Waals surface area contributed by atoms with Crippen LogP contribution in [0.5, 0.6) is 0 Å². The number of halogens is 1. The van der Waals surface area contributed by atoms with Gasteiger partial charge in [-0.15, -0.1) is 0 Å². The van der Waals surface area contributed by atoms with Crippen LogP contribution in [0.1, 0.15) is 26.2 Å². The Morgan fingerprint density at radius 3 is 2.12 bits per heavy atom. The van der Waals surface area contributed by atoms with Crippen molar-refractivity contribution >= 4 is 9.30 Å². The van der Waals surface area contributed by atoms with Crippen LogP contribution in [-0.2, 0) is 19.2 Å². The molecule has 0 aromatic rings. The van der Waals surface area contributed by atoms with Crippen LogP contribution < -0.4 is 0 Å². The molecule has 2 aliphatic carbocycles. The predicted molar refractivity (Wildman–Crippen MR) is 65.8 cm³/mol. The Balaban J connectivity index is 2.18. The zero-order valence-electron chi connectivity index (χ0n) is 9.58. The van der Waals surface area contributed by atoms with Gasteiger partial charge in [0.15, 0.2) is 0 Å². The van der Waals surface area contributed by atoms with Gasteiger partial charge in [-0.1, -0.05) is 0 Å². The number of rotatable bonds is 5. The van der Waals surface area contributed by atoms with Gasteiger partial charge in [0.05, 0.1) is 0 Å². The molecule has 0 spiro atoms. The van der Waals surface area contributed by atoms with Crippen LogP contribution in [0.25, 0.3) is 0 Å². The van der Waals surface area contributed by atoms with Crippen molar-refractivity contribution in [2.24, 2.45) is 0 Å². The summed E-state index contributed by atoms with van der Waals surface area (Å²) in [5, 5.41) is 0. The van der Waals surface area contributed by atoms with Crippen LogP contribution in [0.3, 0.4) is 0 Å². The summed E-state index contributed by atoms with van der Waals surface area (Å²) < 4.78 is 8.76. The molecule has 0 saturated heterocycles. The van der Waals surface area contributed by atoms with Gasteiger partial charge in [0, 0.05) is 0 Å². The minimum absolute atomic E-state index is 0.776. The average Bonchev–Trinajstić information content (AvgIpc) is 2.96. The van der Waals surface area contributed by atoms with E-state index in [0.717, 1.165) is 25.9 Å². The molecule has 0 aromatic heterocycles. The Kier molecular flexibility index (Phi) is 4.26. The third-order valence-corrected chi connectivity index (χ3v) is 10.0. The second-order valence-corrected chi connectivity index (χ2v) is 10.6. The van der Waals surface area contributed by atoms with Gasteiger partial charge in [-0.3, -0.25) is 0 Å². The fourth-order valence-corrected chi connectivity index (χ4v) is 7.62. The quantitative estimate of drug-likeness (QED) is 0.677. The van der Waals surface area contributed by atoms with Crippen molar-refractivity contribution in [3.05, 3.63) is 44.2 Å². The van der Waals surface area contributed by atoms with Crippen molar-refractivity contribution in [2.45, 2.75) is 26.2 Å².